The van der Waals surface area contributed by atoms with Crippen molar-refractivity contribution < 1.29 is 0 Å². The van der Waals surface area contributed by atoms with Gasteiger partial charge in [-0.25, -0.2) is 9.97 Å². The summed E-state index contributed by atoms with van der Waals surface area (Å²) in [6.07, 6.45) is 7.46. The second-order valence-corrected chi connectivity index (χ2v) is 17.3. The smallest absolute Gasteiger partial charge is 0.137 e. The van der Waals surface area contributed by atoms with E-state index in [9.17, 15) is 0 Å². The molecule has 0 amide bonds. The molecule has 60 heavy (non-hydrogen) atoms. The van der Waals surface area contributed by atoms with Gasteiger partial charge in [0, 0.05) is 64.6 Å². The van der Waals surface area contributed by atoms with Crippen molar-refractivity contribution in [2.45, 2.75) is 33.4 Å². The molecule has 0 saturated heterocycles. The summed E-state index contributed by atoms with van der Waals surface area (Å²) in [5.74, 6) is 1.82. The van der Waals surface area contributed by atoms with Crippen molar-refractivity contribution in [2.75, 3.05) is 0 Å². The summed E-state index contributed by atoms with van der Waals surface area (Å²) in [7, 11) is 0. The topological polar surface area (TPSA) is 61.4 Å². The van der Waals surface area contributed by atoms with Crippen molar-refractivity contribution in [3.05, 3.63) is 194 Å². The summed E-state index contributed by atoms with van der Waals surface area (Å²) in [5.41, 5.74) is 10.8. The van der Waals surface area contributed by atoms with Crippen molar-refractivity contribution >= 4 is 67.1 Å². The zero-order valence-corrected chi connectivity index (χ0v) is 34.5. The van der Waals surface area contributed by atoms with E-state index in [1.165, 1.54) is 32.7 Å². The van der Waals surface area contributed by atoms with Crippen LogP contribution in [0, 0.1) is 13.8 Å². The van der Waals surface area contributed by atoms with Crippen LogP contribution in [0.2, 0.25) is 0 Å². The fourth-order valence-electron chi connectivity index (χ4n) is 8.16. The lowest BCUT2D eigenvalue weighted by Gasteiger charge is -2.09. The van der Waals surface area contributed by atoms with Gasteiger partial charge in [0.05, 0.1) is 45.8 Å². The number of hydrogen-bond donors (Lipinski definition) is 0. The Hall–Kier alpha value is -7.00. The van der Waals surface area contributed by atoms with Gasteiger partial charge in [0.2, 0.25) is 0 Å². The third-order valence-electron chi connectivity index (χ3n) is 10.9. The summed E-state index contributed by atoms with van der Waals surface area (Å²) in [6.45, 7) is 4.29. The number of nitrogens with zero attached hydrogens (tertiary/aromatic N) is 6. The second-order valence-electron chi connectivity index (χ2n) is 15.0. The van der Waals surface area contributed by atoms with E-state index < -0.39 is 0 Å². The lowest BCUT2D eigenvalue weighted by Crippen LogP contribution is -1.96. The summed E-state index contributed by atoms with van der Waals surface area (Å²) in [4.78, 5) is 23.8. The van der Waals surface area contributed by atoms with Crippen LogP contribution < -0.4 is 0 Å². The van der Waals surface area contributed by atoms with Crippen LogP contribution in [0.3, 0.4) is 0 Å². The molecule has 0 aliphatic carbocycles. The molecule has 5 aromatic heterocycles. The summed E-state index contributed by atoms with van der Waals surface area (Å²) in [6, 6.07) is 55.9. The first-order valence-electron chi connectivity index (χ1n) is 19.8. The van der Waals surface area contributed by atoms with Gasteiger partial charge in [0.15, 0.2) is 0 Å². The number of pyridine rings is 2. The Bertz CT molecular complexity index is 3170. The highest BCUT2D eigenvalue weighted by Crippen LogP contribution is 2.39. The molecular formula is C52H36N6S2. The first kappa shape index (κ1) is 36.1. The van der Waals surface area contributed by atoms with E-state index in [-0.39, 0.29) is 0 Å². The minimum absolute atomic E-state index is 0.833. The molecule has 0 spiro atoms. The van der Waals surface area contributed by atoms with E-state index in [1.54, 1.807) is 23.5 Å². The highest BCUT2D eigenvalue weighted by Gasteiger charge is 2.16. The molecule has 6 nitrogen and oxygen atoms in total. The van der Waals surface area contributed by atoms with Gasteiger partial charge in [0.1, 0.15) is 11.6 Å². The zero-order valence-electron chi connectivity index (χ0n) is 32.8. The van der Waals surface area contributed by atoms with Crippen LogP contribution in [0.15, 0.2) is 202 Å². The molecule has 286 valence electrons. The molecular weight excluding hydrogens is 773 g/mol. The van der Waals surface area contributed by atoms with Gasteiger partial charge < -0.3 is 0 Å². The molecule has 6 aromatic carbocycles. The molecule has 0 aliphatic rings. The van der Waals surface area contributed by atoms with Crippen LogP contribution in [-0.2, 0) is 0 Å². The lowest BCUT2D eigenvalue weighted by molar-refractivity contribution is 1.08. The number of benzene rings is 6. The molecule has 0 bridgehead atoms. The summed E-state index contributed by atoms with van der Waals surface area (Å²) >= 11 is 3.49. The summed E-state index contributed by atoms with van der Waals surface area (Å²) < 4.78 is 4.53. The fourth-order valence-corrected chi connectivity index (χ4v) is 9.98. The molecule has 0 N–H and O–H groups in total. The van der Waals surface area contributed by atoms with Crippen molar-refractivity contribution in [1.29, 1.82) is 0 Å². The Morgan fingerprint density at radius 1 is 0.367 bits per heavy atom. The van der Waals surface area contributed by atoms with Crippen LogP contribution in [0.4, 0.5) is 0 Å². The average Bonchev–Trinajstić information content (AvgIpc) is 3.78. The molecule has 0 saturated carbocycles. The van der Waals surface area contributed by atoms with Gasteiger partial charge in [-0.15, -0.1) is 0 Å². The van der Waals surface area contributed by atoms with E-state index in [0.717, 1.165) is 75.8 Å². The van der Waals surface area contributed by atoms with Crippen LogP contribution >= 0.6 is 23.5 Å². The third kappa shape index (κ3) is 6.60. The average molecular weight is 809 g/mol. The number of fused-ring (bicyclic) bond motifs is 6. The highest BCUT2D eigenvalue weighted by atomic mass is 32.2. The molecule has 5 heterocycles. The first-order valence-corrected chi connectivity index (χ1v) is 21.5. The molecule has 11 rings (SSSR count). The fraction of sp³-hybridized carbons (Fsp3) is 0.0385. The molecule has 0 aliphatic heterocycles. The van der Waals surface area contributed by atoms with Crippen molar-refractivity contribution in [2.24, 2.45) is 0 Å². The Kier molecular flexibility index (Phi) is 9.02. The van der Waals surface area contributed by atoms with Gasteiger partial charge >= 0.3 is 0 Å². The maximum atomic E-state index is 4.91. The van der Waals surface area contributed by atoms with E-state index in [0.29, 0.717) is 0 Å². The van der Waals surface area contributed by atoms with Crippen LogP contribution in [-0.4, -0.2) is 29.1 Å². The molecule has 0 radical (unpaired) electrons. The number of aryl methyl sites for hydroxylation is 2. The molecule has 8 heteroatoms. The number of rotatable bonds is 8. The van der Waals surface area contributed by atoms with Gasteiger partial charge in [-0.3, -0.25) is 19.1 Å². The van der Waals surface area contributed by atoms with Gasteiger partial charge in [-0.2, -0.15) is 0 Å². The third-order valence-corrected chi connectivity index (χ3v) is 12.9. The molecule has 0 atom stereocenters. The van der Waals surface area contributed by atoms with E-state index >= 15 is 0 Å². The van der Waals surface area contributed by atoms with Crippen LogP contribution in [0.25, 0.3) is 77.8 Å². The van der Waals surface area contributed by atoms with Gasteiger partial charge in [-0.1, -0.05) is 95.3 Å². The first-order chi connectivity index (χ1) is 29.5. The second kappa shape index (κ2) is 15.0. The highest BCUT2D eigenvalue weighted by molar-refractivity contribution is 7.99. The van der Waals surface area contributed by atoms with Crippen molar-refractivity contribution in [1.82, 2.24) is 29.1 Å². The van der Waals surface area contributed by atoms with Crippen LogP contribution in [0.1, 0.15) is 11.1 Å². The minimum atomic E-state index is 0.833. The van der Waals surface area contributed by atoms with Crippen molar-refractivity contribution in [3.63, 3.8) is 0 Å². The predicted octanol–water partition coefficient (Wildman–Crippen LogP) is 13.7. The quantitative estimate of drug-likeness (QED) is 0.152. The number of hydrogen-bond acceptors (Lipinski definition) is 6. The monoisotopic (exact) mass is 808 g/mol. The molecule has 11 aromatic rings. The Labute approximate surface area is 355 Å². The van der Waals surface area contributed by atoms with E-state index in [4.69, 9.17) is 19.9 Å². The van der Waals surface area contributed by atoms with E-state index in [2.05, 4.69) is 156 Å². The summed E-state index contributed by atoms with van der Waals surface area (Å²) in [5, 5.41) is 4.90. The van der Waals surface area contributed by atoms with Gasteiger partial charge in [0.25, 0.3) is 0 Å². The Morgan fingerprint density at radius 2 is 0.833 bits per heavy atom. The minimum Gasteiger partial charge on any atom is -0.294 e. The SMILES string of the molecule is Cc1ccc2c(c1)c1ccc(Sc3cccc(-c4cnc(-c5cccc(Sc6ccc7c8cc(C)ccc8n(-c8ccccn8)c7c6)c5)cn4)c3)cc1n2-c1ccccn1. The largest absolute Gasteiger partial charge is 0.294 e. The van der Waals surface area contributed by atoms with Gasteiger partial charge in [-0.05, 0) is 111 Å². The Balaban J connectivity index is 0.852. The zero-order chi connectivity index (χ0) is 40.2. The maximum Gasteiger partial charge on any atom is 0.137 e. The standard InChI is InChI=1S/C52H36N6S2/c1-33-15-21-47-43(25-33)41-19-17-39(29-49(41)57(47)51-13-3-5-23-53-51)59-37-11-7-9-35(27-37)45-31-56-46(32-55-45)36-10-8-12-38(28-36)60-40-18-20-42-44-26-34(2)16-22-48(44)58(50(42)30-40)52-14-4-6-24-54-52/h3-32H,1-2H3. The lowest BCUT2D eigenvalue weighted by atomic mass is 10.1. The normalized spacial score (nSPS) is 11.6. The molecule has 0 fully saturated rings. The number of aromatic nitrogens is 6. The molecule has 0 unspecified atom stereocenters. The Morgan fingerprint density at radius 3 is 1.27 bits per heavy atom. The predicted molar refractivity (Wildman–Crippen MR) is 248 cm³/mol. The van der Waals surface area contributed by atoms with Crippen LogP contribution in [0.5, 0.6) is 0 Å². The van der Waals surface area contributed by atoms with Crippen molar-refractivity contribution in [3.8, 4) is 34.2 Å². The maximum absolute atomic E-state index is 4.91. The van der Waals surface area contributed by atoms with E-state index in [1.807, 2.05) is 49.1 Å².